The monoisotopic (exact) mass is 138 g/mol. The van der Waals surface area contributed by atoms with E-state index in [2.05, 4.69) is 10.5 Å². The Kier molecular flexibility index (Phi) is 0.858. The molecule has 0 aromatic rings. The summed E-state index contributed by atoms with van der Waals surface area (Å²) in [6, 6.07) is 0. The molecule has 0 aromatic carbocycles. The Morgan fingerprint density at radius 3 is 3.30 bits per heavy atom. The first-order valence-electron chi connectivity index (χ1n) is 2.83. The van der Waals surface area contributed by atoms with Crippen LogP contribution in [-0.2, 0) is 0 Å². The van der Waals surface area contributed by atoms with Crippen LogP contribution in [0, 0.1) is 0 Å². The SMILES string of the molecule is OC1=CNN2N=CC=CN12. The summed E-state index contributed by atoms with van der Waals surface area (Å²) in [7, 11) is 0. The number of aliphatic hydroxyl groups excluding tert-OH is 1. The number of nitrogens with zero attached hydrogens (tertiary/aromatic N) is 3. The summed E-state index contributed by atoms with van der Waals surface area (Å²) in [6.45, 7) is 0. The summed E-state index contributed by atoms with van der Waals surface area (Å²) < 4.78 is 0. The van der Waals surface area contributed by atoms with Gasteiger partial charge in [0.2, 0.25) is 5.88 Å². The van der Waals surface area contributed by atoms with Crippen LogP contribution in [0.15, 0.2) is 29.5 Å². The van der Waals surface area contributed by atoms with Crippen LogP contribution in [0.2, 0.25) is 0 Å². The first-order chi connectivity index (χ1) is 4.88. The van der Waals surface area contributed by atoms with Crippen LogP contribution in [0.3, 0.4) is 0 Å². The van der Waals surface area contributed by atoms with Gasteiger partial charge in [0, 0.05) is 6.20 Å². The molecule has 2 heterocycles. The van der Waals surface area contributed by atoms with Gasteiger partial charge in [-0.05, 0) is 6.08 Å². The van der Waals surface area contributed by atoms with Crippen molar-refractivity contribution in [2.24, 2.45) is 5.10 Å². The predicted molar refractivity (Wildman–Crippen MR) is 35.2 cm³/mol. The van der Waals surface area contributed by atoms with Gasteiger partial charge in [-0.15, -0.1) is 10.3 Å². The summed E-state index contributed by atoms with van der Waals surface area (Å²) in [5.74, 6) is 0.133. The third-order valence-corrected chi connectivity index (χ3v) is 1.24. The van der Waals surface area contributed by atoms with E-state index < -0.39 is 0 Å². The van der Waals surface area contributed by atoms with Gasteiger partial charge in [0.1, 0.15) is 0 Å². The number of allylic oxidation sites excluding steroid dienone is 1. The molecule has 0 aliphatic carbocycles. The fourth-order valence-corrected chi connectivity index (χ4v) is 0.791. The van der Waals surface area contributed by atoms with Gasteiger partial charge < -0.3 is 5.11 Å². The molecule has 52 valence electrons. The van der Waals surface area contributed by atoms with Crippen molar-refractivity contribution in [2.75, 3.05) is 0 Å². The maximum Gasteiger partial charge on any atom is 0.231 e. The van der Waals surface area contributed by atoms with Crippen LogP contribution in [-0.4, -0.2) is 21.6 Å². The summed E-state index contributed by atoms with van der Waals surface area (Å²) in [6.07, 6.45) is 6.50. The third-order valence-electron chi connectivity index (χ3n) is 1.24. The molecule has 0 fully saturated rings. The highest BCUT2D eigenvalue weighted by Crippen LogP contribution is 2.12. The summed E-state index contributed by atoms with van der Waals surface area (Å²) in [5, 5.41) is 15.8. The van der Waals surface area contributed by atoms with Crippen LogP contribution in [0.1, 0.15) is 0 Å². The van der Waals surface area contributed by atoms with Crippen LogP contribution in [0.5, 0.6) is 0 Å². The molecule has 0 spiro atoms. The third kappa shape index (κ3) is 0.540. The van der Waals surface area contributed by atoms with Gasteiger partial charge in [-0.2, -0.15) is 5.01 Å². The molecular formula is C5H6N4O. The van der Waals surface area contributed by atoms with E-state index in [9.17, 15) is 0 Å². The summed E-state index contributed by atoms with van der Waals surface area (Å²) >= 11 is 0. The second-order valence-corrected chi connectivity index (χ2v) is 1.87. The Hall–Kier alpha value is -1.65. The molecule has 2 aliphatic rings. The number of aliphatic hydroxyl groups is 1. The van der Waals surface area contributed by atoms with Crippen molar-refractivity contribution in [3.63, 3.8) is 0 Å². The fourth-order valence-electron chi connectivity index (χ4n) is 0.791. The zero-order chi connectivity index (χ0) is 6.97. The van der Waals surface area contributed by atoms with E-state index in [0.29, 0.717) is 0 Å². The molecule has 0 saturated carbocycles. The zero-order valence-electron chi connectivity index (χ0n) is 5.10. The molecule has 0 amide bonds. The molecule has 0 unspecified atom stereocenters. The number of hydrogen-bond acceptors (Lipinski definition) is 5. The lowest BCUT2D eigenvalue weighted by molar-refractivity contribution is 0.0107. The van der Waals surface area contributed by atoms with E-state index in [1.54, 1.807) is 18.5 Å². The first-order valence-corrected chi connectivity index (χ1v) is 2.83. The van der Waals surface area contributed by atoms with E-state index in [4.69, 9.17) is 5.11 Å². The zero-order valence-corrected chi connectivity index (χ0v) is 5.10. The van der Waals surface area contributed by atoms with Gasteiger partial charge >= 0.3 is 0 Å². The van der Waals surface area contributed by atoms with Crippen molar-refractivity contribution in [2.45, 2.75) is 0 Å². The van der Waals surface area contributed by atoms with Gasteiger partial charge in [-0.25, -0.2) is 0 Å². The summed E-state index contributed by atoms with van der Waals surface area (Å²) in [4.78, 5) is 0. The number of hydrogen-bond donors (Lipinski definition) is 2. The molecule has 10 heavy (non-hydrogen) atoms. The highest BCUT2D eigenvalue weighted by atomic mass is 16.3. The molecule has 5 heteroatoms. The van der Waals surface area contributed by atoms with Crippen LogP contribution in [0.4, 0.5) is 0 Å². The van der Waals surface area contributed by atoms with E-state index in [-0.39, 0.29) is 5.88 Å². The molecule has 0 radical (unpaired) electrons. The number of hydrazine groups is 2. The van der Waals surface area contributed by atoms with Gasteiger partial charge in [0.05, 0.1) is 12.4 Å². The Labute approximate surface area is 57.5 Å². The molecule has 0 aromatic heterocycles. The normalized spacial score (nSPS) is 20.6. The van der Waals surface area contributed by atoms with E-state index in [0.717, 1.165) is 0 Å². The minimum atomic E-state index is 0.133. The fraction of sp³-hybridized carbons (Fsp3) is 0. The van der Waals surface area contributed by atoms with Crippen molar-refractivity contribution >= 4 is 6.21 Å². The van der Waals surface area contributed by atoms with E-state index in [1.165, 1.54) is 16.4 Å². The highest BCUT2D eigenvalue weighted by molar-refractivity contribution is 5.71. The molecule has 0 bridgehead atoms. The average molecular weight is 138 g/mol. The van der Waals surface area contributed by atoms with Crippen LogP contribution >= 0.6 is 0 Å². The minimum absolute atomic E-state index is 0.133. The first kappa shape index (κ1) is 5.16. The molecular weight excluding hydrogens is 132 g/mol. The Morgan fingerprint density at radius 2 is 2.50 bits per heavy atom. The second kappa shape index (κ2) is 1.66. The van der Waals surface area contributed by atoms with Gasteiger partial charge in [0.25, 0.3) is 0 Å². The van der Waals surface area contributed by atoms with Gasteiger partial charge in [0.15, 0.2) is 0 Å². The lowest BCUT2D eigenvalue weighted by Gasteiger charge is -2.23. The molecule has 2 N–H and O–H groups in total. The standard InChI is InChI=1S/C5H6N4O/c10-5-4-7-9-6-2-1-3-8(5)9/h1-4,7,10H. The van der Waals surface area contributed by atoms with Crippen molar-refractivity contribution in [3.05, 3.63) is 24.4 Å². The van der Waals surface area contributed by atoms with Crippen molar-refractivity contribution in [1.82, 2.24) is 15.7 Å². The van der Waals surface area contributed by atoms with Crippen LogP contribution in [0.25, 0.3) is 0 Å². The Morgan fingerprint density at radius 1 is 1.60 bits per heavy atom. The van der Waals surface area contributed by atoms with E-state index in [1.807, 2.05) is 0 Å². The van der Waals surface area contributed by atoms with E-state index >= 15 is 0 Å². The van der Waals surface area contributed by atoms with Gasteiger partial charge in [-0.3, -0.25) is 5.43 Å². The van der Waals surface area contributed by atoms with Crippen molar-refractivity contribution in [3.8, 4) is 0 Å². The maximum atomic E-state index is 9.08. The maximum absolute atomic E-state index is 9.08. The van der Waals surface area contributed by atoms with Crippen molar-refractivity contribution < 1.29 is 5.11 Å². The molecule has 2 rings (SSSR count). The average Bonchev–Trinajstić information content (AvgIpc) is 2.34. The molecule has 2 aliphatic heterocycles. The van der Waals surface area contributed by atoms with Gasteiger partial charge in [-0.1, -0.05) is 0 Å². The minimum Gasteiger partial charge on any atom is -0.492 e. The Balaban J connectivity index is 2.27. The number of fused-ring (bicyclic) bond motifs is 1. The highest BCUT2D eigenvalue weighted by Gasteiger charge is 2.20. The molecule has 5 nitrogen and oxygen atoms in total. The number of rotatable bonds is 0. The lowest BCUT2D eigenvalue weighted by Crippen LogP contribution is -2.36. The predicted octanol–water partition coefficient (Wildman–Crippen LogP) is -0.106. The number of hydrazone groups is 1. The lowest BCUT2D eigenvalue weighted by atomic mass is 10.6. The smallest absolute Gasteiger partial charge is 0.231 e. The number of nitrogens with one attached hydrogen (secondary N) is 1. The quantitative estimate of drug-likeness (QED) is 0.490. The Bertz CT molecular complexity index is 232. The summed E-state index contributed by atoms with van der Waals surface area (Å²) in [5.41, 5.74) is 2.71. The second-order valence-electron chi connectivity index (χ2n) is 1.87. The van der Waals surface area contributed by atoms with Crippen molar-refractivity contribution in [1.29, 1.82) is 0 Å². The van der Waals surface area contributed by atoms with Crippen LogP contribution < -0.4 is 5.43 Å². The topological polar surface area (TPSA) is 51.1 Å². The molecule has 0 saturated heterocycles. The molecule has 0 atom stereocenters. The largest absolute Gasteiger partial charge is 0.492 e.